The Bertz CT molecular complexity index is 1830. The van der Waals surface area contributed by atoms with E-state index in [1.165, 1.54) is 49.4 Å². The summed E-state index contributed by atoms with van der Waals surface area (Å²) in [5, 5.41) is 2.70. The van der Waals surface area contributed by atoms with Gasteiger partial charge < -0.3 is 24.4 Å². The van der Waals surface area contributed by atoms with E-state index in [1.807, 2.05) is 42.7 Å². The second kappa shape index (κ2) is 12.8. The number of aryl methyl sites for hydroxylation is 1. The van der Waals surface area contributed by atoms with Gasteiger partial charge in [-0.05, 0) is 75.6 Å². The highest BCUT2D eigenvalue weighted by molar-refractivity contribution is 7.22. The number of nitrogens with zero attached hydrogens (tertiary/aromatic N) is 5. The van der Waals surface area contributed by atoms with Crippen molar-refractivity contribution in [1.29, 1.82) is 0 Å². The number of carbonyl (C=O) groups excluding carboxylic acids is 2. The van der Waals surface area contributed by atoms with Gasteiger partial charge in [-0.3, -0.25) is 14.6 Å². The Morgan fingerprint density at radius 3 is 2.67 bits per heavy atom. The third kappa shape index (κ3) is 6.31. The van der Waals surface area contributed by atoms with E-state index in [9.17, 15) is 9.59 Å². The Labute approximate surface area is 264 Å². The number of halogens is 1. The van der Waals surface area contributed by atoms with Crippen molar-refractivity contribution in [2.24, 2.45) is 5.92 Å². The number of likely N-dealkylation sites (tertiary alicyclic amines) is 1. The molecule has 2 saturated heterocycles. The number of amides is 2. The Hall–Kier alpha value is -4.61. The van der Waals surface area contributed by atoms with Crippen molar-refractivity contribution in [2.75, 3.05) is 36.4 Å². The maximum atomic E-state index is 15.2. The van der Waals surface area contributed by atoms with Gasteiger partial charge in [-0.2, -0.15) is 0 Å². The molecule has 0 bridgehead atoms. The van der Waals surface area contributed by atoms with Gasteiger partial charge in [0.1, 0.15) is 11.7 Å². The number of imidazole rings is 1. The molecule has 0 aliphatic carbocycles. The lowest BCUT2D eigenvalue weighted by Crippen LogP contribution is -2.33. The van der Waals surface area contributed by atoms with Crippen LogP contribution in [0.3, 0.4) is 0 Å². The molecule has 2 aliphatic rings. The lowest BCUT2D eigenvalue weighted by atomic mass is 10.1. The van der Waals surface area contributed by atoms with Crippen molar-refractivity contribution in [1.82, 2.24) is 19.4 Å². The Morgan fingerprint density at radius 2 is 1.84 bits per heavy atom. The van der Waals surface area contributed by atoms with Crippen LogP contribution in [-0.4, -0.2) is 57.4 Å². The lowest BCUT2D eigenvalue weighted by molar-refractivity contribution is -0.129. The summed E-state index contributed by atoms with van der Waals surface area (Å²) < 4.78 is 24.1. The van der Waals surface area contributed by atoms with Crippen molar-refractivity contribution in [3.63, 3.8) is 0 Å². The normalized spacial score (nSPS) is 17.0. The van der Waals surface area contributed by atoms with Crippen molar-refractivity contribution in [3.8, 4) is 22.1 Å². The second-order valence-electron chi connectivity index (χ2n) is 11.4. The minimum atomic E-state index is -0.830. The summed E-state index contributed by atoms with van der Waals surface area (Å²) in [6, 6.07) is 17.2. The summed E-state index contributed by atoms with van der Waals surface area (Å²) in [7, 11) is 0. The van der Waals surface area contributed by atoms with Gasteiger partial charge in [-0.1, -0.05) is 18.2 Å². The van der Waals surface area contributed by atoms with E-state index in [1.54, 1.807) is 23.2 Å². The van der Waals surface area contributed by atoms with E-state index in [-0.39, 0.29) is 17.3 Å². The predicted octanol–water partition coefficient (Wildman–Crippen LogP) is 6.57. The molecule has 2 amide bonds. The number of fused-ring (bicyclic) bond motifs is 1. The van der Waals surface area contributed by atoms with Gasteiger partial charge in [0.05, 0.1) is 27.1 Å². The number of anilines is 2. The van der Waals surface area contributed by atoms with Gasteiger partial charge in [0.25, 0.3) is 0 Å². The maximum Gasteiger partial charge on any atom is 0.239 e. The standard InChI is InChI=1S/C34H33FN6O3S/c35-26-19-23(38-33(42)25-12-18-41(34(25)43)24-7-2-1-3-8-24)9-10-29(26)44-30-11-13-36-27-20-31(45-32(27)30)28-21-40(22-37-28)17-6-16-39-14-4-5-15-39/h1-3,7-11,13,19-22,25H,4-6,12,14-18H2,(H,38,42). The number of benzene rings is 2. The highest BCUT2D eigenvalue weighted by Crippen LogP contribution is 2.39. The second-order valence-corrected chi connectivity index (χ2v) is 12.5. The van der Waals surface area contributed by atoms with E-state index in [4.69, 9.17) is 4.74 Å². The monoisotopic (exact) mass is 624 g/mol. The number of pyridine rings is 1. The molecule has 5 aromatic rings. The van der Waals surface area contributed by atoms with E-state index >= 15 is 4.39 Å². The summed E-state index contributed by atoms with van der Waals surface area (Å²) in [4.78, 5) is 40.0. The molecular formula is C34H33FN6O3S. The van der Waals surface area contributed by atoms with Crippen molar-refractivity contribution in [3.05, 3.63) is 85.2 Å². The molecular weight excluding hydrogens is 591 g/mol. The molecule has 0 saturated carbocycles. The number of aromatic nitrogens is 3. The molecule has 0 spiro atoms. The third-order valence-electron chi connectivity index (χ3n) is 8.36. The third-order valence-corrected chi connectivity index (χ3v) is 9.52. The minimum absolute atomic E-state index is 0.0184. The number of para-hydroxylation sites is 1. The smallest absolute Gasteiger partial charge is 0.239 e. The zero-order valence-electron chi connectivity index (χ0n) is 24.7. The van der Waals surface area contributed by atoms with Crippen molar-refractivity contribution >= 4 is 44.7 Å². The Kier molecular flexibility index (Phi) is 8.27. The van der Waals surface area contributed by atoms with Crippen LogP contribution in [0, 0.1) is 11.7 Å². The van der Waals surface area contributed by atoms with Crippen LogP contribution in [0.15, 0.2) is 79.4 Å². The first kappa shape index (κ1) is 29.1. The number of nitrogens with one attached hydrogen (secondary N) is 1. The van der Waals surface area contributed by atoms with Gasteiger partial charge in [0.2, 0.25) is 11.8 Å². The van der Waals surface area contributed by atoms with Crippen LogP contribution in [0.5, 0.6) is 11.5 Å². The summed E-state index contributed by atoms with van der Waals surface area (Å²) >= 11 is 1.50. The highest BCUT2D eigenvalue weighted by atomic mass is 32.1. The number of rotatable bonds is 10. The van der Waals surface area contributed by atoms with Crippen molar-refractivity contribution in [2.45, 2.75) is 32.2 Å². The van der Waals surface area contributed by atoms with Crippen LogP contribution in [0.25, 0.3) is 20.8 Å². The first-order valence-corrected chi connectivity index (χ1v) is 16.1. The number of ether oxygens (including phenoxy) is 1. The molecule has 0 radical (unpaired) electrons. The molecule has 5 heterocycles. The Balaban J connectivity index is 1.00. The minimum Gasteiger partial charge on any atom is -0.453 e. The van der Waals surface area contributed by atoms with Crippen LogP contribution >= 0.6 is 11.3 Å². The summed E-state index contributed by atoms with van der Waals surface area (Å²) in [5.41, 5.74) is 2.62. The molecule has 45 heavy (non-hydrogen) atoms. The summed E-state index contributed by atoms with van der Waals surface area (Å²) in [5.74, 6) is -1.68. The molecule has 7 rings (SSSR count). The molecule has 1 N–H and O–H groups in total. The number of hydrogen-bond donors (Lipinski definition) is 1. The number of hydrogen-bond acceptors (Lipinski definition) is 7. The molecule has 2 fully saturated rings. The fraction of sp³-hybridized carbons (Fsp3) is 0.294. The van der Waals surface area contributed by atoms with Crippen LogP contribution in [0.1, 0.15) is 25.7 Å². The average molecular weight is 625 g/mol. The van der Waals surface area contributed by atoms with Crippen LogP contribution in [-0.2, 0) is 16.1 Å². The zero-order valence-corrected chi connectivity index (χ0v) is 25.5. The van der Waals surface area contributed by atoms with Gasteiger partial charge >= 0.3 is 0 Å². The lowest BCUT2D eigenvalue weighted by Gasteiger charge is -2.16. The van der Waals surface area contributed by atoms with E-state index in [2.05, 4.69) is 30.9 Å². The van der Waals surface area contributed by atoms with Gasteiger partial charge in [-0.15, -0.1) is 11.3 Å². The van der Waals surface area contributed by atoms with Gasteiger partial charge in [-0.25, -0.2) is 9.37 Å². The molecule has 9 nitrogen and oxygen atoms in total. The topological polar surface area (TPSA) is 92.6 Å². The maximum absolute atomic E-state index is 15.2. The summed E-state index contributed by atoms with van der Waals surface area (Å²) in [6.45, 7) is 4.89. The van der Waals surface area contributed by atoms with Crippen LogP contribution in [0.4, 0.5) is 15.8 Å². The molecule has 230 valence electrons. The molecule has 1 atom stereocenters. The summed E-state index contributed by atoms with van der Waals surface area (Å²) in [6.07, 6.45) is 9.64. The van der Waals surface area contributed by atoms with Crippen molar-refractivity contribution < 1.29 is 18.7 Å². The van der Waals surface area contributed by atoms with E-state index in [0.717, 1.165) is 46.0 Å². The molecule has 2 aliphatic heterocycles. The molecule has 2 aromatic carbocycles. The van der Waals surface area contributed by atoms with Crippen LogP contribution < -0.4 is 15.0 Å². The molecule has 3 aromatic heterocycles. The van der Waals surface area contributed by atoms with Gasteiger partial charge in [0.15, 0.2) is 11.6 Å². The predicted molar refractivity (Wildman–Crippen MR) is 173 cm³/mol. The number of carbonyl (C=O) groups is 2. The quantitative estimate of drug-likeness (QED) is 0.177. The largest absolute Gasteiger partial charge is 0.453 e. The first-order chi connectivity index (χ1) is 22.0. The Morgan fingerprint density at radius 1 is 1.00 bits per heavy atom. The number of thiophene rings is 1. The first-order valence-electron chi connectivity index (χ1n) is 15.3. The van der Waals surface area contributed by atoms with E-state index in [0.29, 0.717) is 18.7 Å². The highest BCUT2D eigenvalue weighted by Gasteiger charge is 2.37. The SMILES string of the molecule is O=C(Nc1ccc(Oc2ccnc3cc(-c4cn(CCCN5CCCC5)cn4)sc23)c(F)c1)C1CCN(c2ccccc2)C1=O. The van der Waals surface area contributed by atoms with Crippen LogP contribution in [0.2, 0.25) is 0 Å². The fourth-order valence-electron chi connectivity index (χ4n) is 6.01. The molecule has 11 heteroatoms. The average Bonchev–Trinajstić information content (AvgIpc) is 3.86. The fourth-order valence-corrected chi connectivity index (χ4v) is 7.04. The zero-order chi connectivity index (χ0) is 30.8. The molecule has 1 unspecified atom stereocenters. The van der Waals surface area contributed by atoms with E-state index < -0.39 is 17.6 Å². The van der Waals surface area contributed by atoms with Gasteiger partial charge in [0, 0.05) is 49.0 Å².